The number of carbonyl (C=O) groups excluding carboxylic acids is 2. The molecule has 0 aliphatic carbocycles. The number of nitrogens with zero attached hydrogens (tertiary/aromatic N) is 1. The van der Waals surface area contributed by atoms with Gasteiger partial charge in [0, 0.05) is 10.9 Å². The van der Waals surface area contributed by atoms with Crippen molar-refractivity contribution in [3.63, 3.8) is 0 Å². The quantitative estimate of drug-likeness (QED) is 0.643. The van der Waals surface area contributed by atoms with E-state index in [0.717, 1.165) is 11.3 Å². The monoisotopic (exact) mass is 297 g/mol. The third-order valence-electron chi connectivity index (χ3n) is 2.25. The lowest BCUT2D eigenvalue weighted by Crippen LogP contribution is -2.14. The van der Waals surface area contributed by atoms with Gasteiger partial charge in [0.25, 0.3) is 0 Å². The molecule has 3 N–H and O–H groups in total. The van der Waals surface area contributed by atoms with Crippen molar-refractivity contribution in [2.75, 3.05) is 24.7 Å². The van der Waals surface area contributed by atoms with Crippen LogP contribution in [-0.2, 0) is 9.53 Å². The van der Waals surface area contributed by atoms with Crippen LogP contribution in [0.5, 0.6) is 0 Å². The molecule has 0 amide bonds. The van der Waals surface area contributed by atoms with Crippen LogP contribution in [0.3, 0.4) is 0 Å². The molecule has 0 fully saturated rings. The first-order chi connectivity index (χ1) is 9.11. The zero-order chi connectivity index (χ0) is 13.8. The minimum atomic E-state index is -0.417. The van der Waals surface area contributed by atoms with Crippen molar-refractivity contribution in [3.05, 3.63) is 27.3 Å². The smallest absolute Gasteiger partial charge is 0.325 e. The first kappa shape index (κ1) is 13.5. The lowest BCUT2D eigenvalue weighted by Gasteiger charge is -1.99. The molecule has 0 aliphatic heterocycles. The summed E-state index contributed by atoms with van der Waals surface area (Å²) in [4.78, 5) is 27.5. The maximum Gasteiger partial charge on any atom is 0.325 e. The van der Waals surface area contributed by atoms with Gasteiger partial charge in [0.2, 0.25) is 5.78 Å². The summed E-state index contributed by atoms with van der Waals surface area (Å²) in [5.41, 5.74) is 6.30. The molecule has 0 spiro atoms. The Labute approximate surface area is 117 Å². The summed E-state index contributed by atoms with van der Waals surface area (Å²) in [7, 11) is 1.30. The van der Waals surface area contributed by atoms with Crippen LogP contribution in [0, 0.1) is 0 Å². The molecule has 2 rings (SSSR count). The lowest BCUT2D eigenvalue weighted by atomic mass is 10.2. The fourth-order valence-corrected chi connectivity index (χ4v) is 2.79. The third-order valence-corrected chi connectivity index (χ3v) is 3.97. The summed E-state index contributed by atoms with van der Waals surface area (Å²) < 4.78 is 4.49. The number of hydrogen-bond donors (Lipinski definition) is 2. The zero-order valence-corrected chi connectivity index (χ0v) is 11.6. The molecular formula is C11H11N3O3S2. The highest BCUT2D eigenvalue weighted by Crippen LogP contribution is 2.27. The van der Waals surface area contributed by atoms with Gasteiger partial charge in [0.1, 0.15) is 17.2 Å². The van der Waals surface area contributed by atoms with Crippen LogP contribution in [0.4, 0.5) is 10.9 Å². The molecule has 0 aromatic carbocycles. The number of anilines is 2. The Balaban J connectivity index is 2.13. The number of esters is 1. The Morgan fingerprint density at radius 2 is 2.32 bits per heavy atom. The van der Waals surface area contributed by atoms with Crippen LogP contribution < -0.4 is 11.1 Å². The number of ether oxygens (including phenoxy) is 1. The van der Waals surface area contributed by atoms with Gasteiger partial charge >= 0.3 is 5.97 Å². The minimum Gasteiger partial charge on any atom is -0.468 e. The molecule has 6 nitrogen and oxygen atoms in total. The number of ketones is 1. The average molecular weight is 297 g/mol. The van der Waals surface area contributed by atoms with Gasteiger partial charge in [0.05, 0.1) is 7.11 Å². The van der Waals surface area contributed by atoms with E-state index in [4.69, 9.17) is 5.73 Å². The fraction of sp³-hybridized carbons (Fsp3) is 0.182. The van der Waals surface area contributed by atoms with E-state index in [1.54, 1.807) is 11.4 Å². The standard InChI is InChI=1S/C11H11N3O3S2/c1-17-7(15)4-13-11-14-10(12)9(19-11)8(16)6-2-3-18-5-6/h2-3,5H,4,12H2,1H3,(H,13,14). The molecule has 2 heterocycles. The van der Waals surface area contributed by atoms with E-state index < -0.39 is 5.97 Å². The molecule has 0 bridgehead atoms. The molecule has 0 aliphatic rings. The largest absolute Gasteiger partial charge is 0.468 e. The fourth-order valence-electron chi connectivity index (χ4n) is 1.31. The van der Waals surface area contributed by atoms with E-state index in [-0.39, 0.29) is 18.1 Å². The molecule has 0 atom stereocenters. The summed E-state index contributed by atoms with van der Waals surface area (Å²) in [5.74, 6) is -0.421. The predicted octanol–water partition coefficient (Wildman–Crippen LogP) is 1.60. The van der Waals surface area contributed by atoms with E-state index in [1.165, 1.54) is 18.4 Å². The molecule has 0 saturated heterocycles. The first-order valence-electron chi connectivity index (χ1n) is 5.25. The van der Waals surface area contributed by atoms with Gasteiger partial charge < -0.3 is 15.8 Å². The van der Waals surface area contributed by atoms with E-state index in [9.17, 15) is 9.59 Å². The van der Waals surface area contributed by atoms with Crippen LogP contribution >= 0.6 is 22.7 Å². The maximum atomic E-state index is 12.1. The molecule has 0 radical (unpaired) electrons. The minimum absolute atomic E-state index is 0.0183. The van der Waals surface area contributed by atoms with Crippen molar-refractivity contribution in [3.8, 4) is 0 Å². The number of hydrogen-bond acceptors (Lipinski definition) is 8. The van der Waals surface area contributed by atoms with E-state index in [0.29, 0.717) is 15.6 Å². The Morgan fingerprint density at radius 3 is 2.95 bits per heavy atom. The molecule has 100 valence electrons. The topological polar surface area (TPSA) is 94.3 Å². The highest BCUT2D eigenvalue weighted by atomic mass is 32.1. The number of rotatable bonds is 5. The molecule has 2 aromatic heterocycles. The highest BCUT2D eigenvalue weighted by molar-refractivity contribution is 7.18. The van der Waals surface area contributed by atoms with Gasteiger partial charge in [-0.15, -0.1) is 0 Å². The molecule has 0 unspecified atom stereocenters. The van der Waals surface area contributed by atoms with Gasteiger partial charge in [-0.3, -0.25) is 9.59 Å². The molecular weight excluding hydrogens is 286 g/mol. The summed E-state index contributed by atoms with van der Waals surface area (Å²) in [6, 6.07) is 1.73. The van der Waals surface area contributed by atoms with Crippen LogP contribution in [0.25, 0.3) is 0 Å². The van der Waals surface area contributed by atoms with Crippen molar-refractivity contribution in [2.24, 2.45) is 0 Å². The van der Waals surface area contributed by atoms with Crippen molar-refractivity contribution >= 4 is 45.4 Å². The van der Waals surface area contributed by atoms with E-state index >= 15 is 0 Å². The second kappa shape index (κ2) is 5.81. The number of aromatic nitrogens is 1. The molecule has 0 saturated carbocycles. The number of nitrogens with one attached hydrogen (secondary N) is 1. The lowest BCUT2D eigenvalue weighted by molar-refractivity contribution is -0.138. The van der Waals surface area contributed by atoms with Crippen LogP contribution in [-0.4, -0.2) is 30.4 Å². The molecule has 2 aromatic rings. The van der Waals surface area contributed by atoms with E-state index in [1.807, 2.05) is 5.38 Å². The second-order valence-corrected chi connectivity index (χ2v) is 5.28. The second-order valence-electron chi connectivity index (χ2n) is 3.50. The first-order valence-corrected chi connectivity index (χ1v) is 7.01. The Kier molecular flexibility index (Phi) is 4.13. The summed E-state index contributed by atoms with van der Waals surface area (Å²) in [6.07, 6.45) is 0. The van der Waals surface area contributed by atoms with Crippen molar-refractivity contribution in [2.45, 2.75) is 0 Å². The van der Waals surface area contributed by atoms with Gasteiger partial charge in [-0.2, -0.15) is 11.3 Å². The van der Waals surface area contributed by atoms with Crippen molar-refractivity contribution < 1.29 is 14.3 Å². The summed E-state index contributed by atoms with van der Waals surface area (Å²) >= 11 is 2.56. The van der Waals surface area contributed by atoms with Gasteiger partial charge in [-0.05, 0) is 11.4 Å². The van der Waals surface area contributed by atoms with Crippen molar-refractivity contribution in [1.82, 2.24) is 4.98 Å². The normalized spacial score (nSPS) is 10.2. The van der Waals surface area contributed by atoms with Gasteiger partial charge in [0.15, 0.2) is 5.13 Å². The number of nitrogen functional groups attached to an aromatic ring is 1. The predicted molar refractivity (Wildman–Crippen MR) is 74.8 cm³/mol. The number of methoxy groups -OCH3 is 1. The zero-order valence-electron chi connectivity index (χ0n) is 10.0. The van der Waals surface area contributed by atoms with E-state index in [2.05, 4.69) is 15.0 Å². The van der Waals surface area contributed by atoms with Gasteiger partial charge in [-0.1, -0.05) is 11.3 Å². The average Bonchev–Trinajstić information content (AvgIpc) is 3.04. The maximum absolute atomic E-state index is 12.1. The molecule has 19 heavy (non-hydrogen) atoms. The Hall–Kier alpha value is -1.93. The van der Waals surface area contributed by atoms with Crippen LogP contribution in [0.2, 0.25) is 0 Å². The number of carbonyl (C=O) groups is 2. The van der Waals surface area contributed by atoms with Crippen LogP contribution in [0.15, 0.2) is 16.8 Å². The van der Waals surface area contributed by atoms with Crippen molar-refractivity contribution in [1.29, 1.82) is 0 Å². The molecule has 8 heteroatoms. The summed E-state index contributed by atoms with van der Waals surface area (Å²) in [5, 5.41) is 6.75. The number of thiazole rings is 1. The summed E-state index contributed by atoms with van der Waals surface area (Å²) in [6.45, 7) is -0.0183. The van der Waals surface area contributed by atoms with Gasteiger partial charge in [-0.25, -0.2) is 4.98 Å². The highest BCUT2D eigenvalue weighted by Gasteiger charge is 2.18. The Morgan fingerprint density at radius 1 is 1.53 bits per heavy atom. The number of thiophene rings is 1. The number of nitrogens with two attached hydrogens (primary N) is 1. The third kappa shape index (κ3) is 3.09. The Bertz CT molecular complexity index is 592. The SMILES string of the molecule is COC(=O)CNc1nc(N)c(C(=O)c2ccsc2)s1. The van der Waals surface area contributed by atoms with Crippen LogP contribution in [0.1, 0.15) is 15.2 Å².